The molecule has 12 heavy (non-hydrogen) atoms. The fourth-order valence-corrected chi connectivity index (χ4v) is 2.02. The second-order valence-electron chi connectivity index (χ2n) is 2.92. The quantitative estimate of drug-likeness (QED) is 0.736. The van der Waals surface area contributed by atoms with Crippen molar-refractivity contribution in [2.24, 2.45) is 0 Å². The smallest absolute Gasteiger partial charge is 0.151 e. The summed E-state index contributed by atoms with van der Waals surface area (Å²) in [6.07, 6.45) is 5.53. The number of aromatic nitrogens is 2. The van der Waals surface area contributed by atoms with E-state index in [0.717, 1.165) is 16.7 Å². The lowest BCUT2D eigenvalue weighted by Gasteiger charge is -2.23. The summed E-state index contributed by atoms with van der Waals surface area (Å²) in [6.45, 7) is 0.876. The van der Waals surface area contributed by atoms with Crippen molar-refractivity contribution in [3.8, 4) is 0 Å². The highest BCUT2D eigenvalue weighted by atomic mass is 127. The number of halogens is 1. The van der Waals surface area contributed by atoms with Crippen LogP contribution < -0.4 is 0 Å². The molecule has 1 aromatic heterocycles. The Hall–Kier alpha value is -0.100. The Morgan fingerprint density at radius 2 is 2.50 bits per heavy atom. The Morgan fingerprint density at radius 1 is 1.58 bits per heavy atom. The molecule has 0 aromatic carbocycles. The minimum Gasteiger partial charge on any atom is -0.356 e. The van der Waals surface area contributed by atoms with Gasteiger partial charge in [-0.25, -0.2) is 4.68 Å². The second-order valence-corrected chi connectivity index (χ2v) is 4.02. The molecule has 66 valence electrons. The Morgan fingerprint density at radius 3 is 3.08 bits per heavy atom. The van der Waals surface area contributed by atoms with Gasteiger partial charge in [0.1, 0.15) is 3.70 Å². The van der Waals surface area contributed by atoms with E-state index in [1.807, 2.05) is 16.9 Å². The van der Waals surface area contributed by atoms with Gasteiger partial charge in [-0.1, -0.05) is 0 Å². The third kappa shape index (κ3) is 1.64. The minimum absolute atomic E-state index is 0.181. The van der Waals surface area contributed by atoms with E-state index in [2.05, 4.69) is 27.7 Å². The maximum Gasteiger partial charge on any atom is 0.151 e. The molecule has 1 fully saturated rings. The summed E-state index contributed by atoms with van der Waals surface area (Å²) in [5, 5.41) is 4.22. The van der Waals surface area contributed by atoms with Crippen LogP contribution in [0.15, 0.2) is 12.3 Å². The fraction of sp³-hybridized carbons (Fsp3) is 0.625. The van der Waals surface area contributed by atoms with Gasteiger partial charge in [-0.15, -0.1) is 0 Å². The van der Waals surface area contributed by atoms with Crippen LogP contribution in [0.2, 0.25) is 0 Å². The predicted molar refractivity (Wildman–Crippen MR) is 53.8 cm³/mol. The Bertz CT molecular complexity index is 255. The Balaban J connectivity index is 2.13. The molecule has 0 amide bonds. The van der Waals surface area contributed by atoms with Crippen LogP contribution in [0.25, 0.3) is 0 Å². The van der Waals surface area contributed by atoms with Crippen molar-refractivity contribution in [2.75, 3.05) is 6.61 Å². The molecular weight excluding hydrogens is 267 g/mol. The molecule has 0 aliphatic carbocycles. The summed E-state index contributed by atoms with van der Waals surface area (Å²) in [5.74, 6) is 0. The van der Waals surface area contributed by atoms with Crippen LogP contribution in [0, 0.1) is 3.70 Å². The highest BCUT2D eigenvalue weighted by molar-refractivity contribution is 14.1. The van der Waals surface area contributed by atoms with Crippen LogP contribution in [0.5, 0.6) is 0 Å². The molecule has 1 saturated heterocycles. The van der Waals surface area contributed by atoms with Gasteiger partial charge < -0.3 is 4.74 Å². The molecule has 0 bridgehead atoms. The van der Waals surface area contributed by atoms with E-state index >= 15 is 0 Å². The second kappa shape index (κ2) is 3.74. The van der Waals surface area contributed by atoms with E-state index < -0.39 is 0 Å². The van der Waals surface area contributed by atoms with Crippen LogP contribution in [0.4, 0.5) is 0 Å². The molecular formula is C8H11IN2O. The summed E-state index contributed by atoms with van der Waals surface area (Å²) in [7, 11) is 0. The third-order valence-corrected chi connectivity index (χ3v) is 2.90. The highest BCUT2D eigenvalue weighted by Gasteiger charge is 2.17. The fourth-order valence-electron chi connectivity index (χ4n) is 1.43. The lowest BCUT2D eigenvalue weighted by molar-refractivity contribution is -0.0410. The molecule has 1 aliphatic heterocycles. The summed E-state index contributed by atoms with van der Waals surface area (Å²) < 4.78 is 8.71. The highest BCUT2D eigenvalue weighted by Crippen LogP contribution is 2.23. The first kappa shape index (κ1) is 8.50. The first-order valence-electron chi connectivity index (χ1n) is 4.18. The van der Waals surface area contributed by atoms with Crippen LogP contribution in [-0.4, -0.2) is 16.4 Å². The summed E-state index contributed by atoms with van der Waals surface area (Å²) >= 11 is 2.28. The maximum atomic E-state index is 5.60. The van der Waals surface area contributed by atoms with E-state index in [1.165, 1.54) is 12.8 Å². The maximum absolute atomic E-state index is 5.60. The summed E-state index contributed by atoms with van der Waals surface area (Å²) in [5.41, 5.74) is 0. The van der Waals surface area contributed by atoms with Crippen molar-refractivity contribution in [1.29, 1.82) is 0 Å². The van der Waals surface area contributed by atoms with Gasteiger partial charge in [-0.05, 0) is 47.9 Å². The first-order chi connectivity index (χ1) is 5.88. The molecule has 1 aliphatic rings. The van der Waals surface area contributed by atoms with E-state index in [4.69, 9.17) is 4.74 Å². The number of hydrogen-bond donors (Lipinski definition) is 0. The zero-order valence-electron chi connectivity index (χ0n) is 6.74. The molecule has 1 aromatic rings. The monoisotopic (exact) mass is 278 g/mol. The number of rotatable bonds is 1. The van der Waals surface area contributed by atoms with Crippen LogP contribution in [-0.2, 0) is 4.74 Å². The molecule has 0 spiro atoms. The predicted octanol–water partition coefficient (Wildman–Crippen LogP) is 2.19. The number of ether oxygens (including phenoxy) is 1. The molecule has 0 saturated carbocycles. The SMILES string of the molecule is Ic1ccnn1[C@H]1CCCCO1. The standard InChI is InChI=1S/C8H11IN2O/c9-7-4-5-10-11(7)8-3-1-2-6-12-8/h4-5,8H,1-3,6H2/t8-/m1/s1. The van der Waals surface area contributed by atoms with Gasteiger partial charge in [0.15, 0.2) is 6.23 Å². The van der Waals surface area contributed by atoms with Gasteiger partial charge in [-0.2, -0.15) is 5.10 Å². The van der Waals surface area contributed by atoms with Gasteiger partial charge in [0.05, 0.1) is 6.20 Å². The van der Waals surface area contributed by atoms with Crippen LogP contribution >= 0.6 is 22.6 Å². The molecule has 0 N–H and O–H groups in total. The molecule has 0 radical (unpaired) electrons. The minimum atomic E-state index is 0.181. The van der Waals surface area contributed by atoms with E-state index in [-0.39, 0.29) is 6.23 Å². The van der Waals surface area contributed by atoms with Crippen molar-refractivity contribution in [3.63, 3.8) is 0 Å². The van der Waals surface area contributed by atoms with Crippen LogP contribution in [0.1, 0.15) is 25.5 Å². The van der Waals surface area contributed by atoms with Gasteiger partial charge in [0.2, 0.25) is 0 Å². The van der Waals surface area contributed by atoms with E-state index in [0.29, 0.717) is 0 Å². The van der Waals surface area contributed by atoms with E-state index in [1.54, 1.807) is 0 Å². The van der Waals surface area contributed by atoms with Gasteiger partial charge >= 0.3 is 0 Å². The largest absolute Gasteiger partial charge is 0.356 e. The van der Waals surface area contributed by atoms with Crippen molar-refractivity contribution in [3.05, 3.63) is 16.0 Å². The molecule has 2 heterocycles. The van der Waals surface area contributed by atoms with Crippen molar-refractivity contribution < 1.29 is 4.74 Å². The van der Waals surface area contributed by atoms with Gasteiger partial charge in [0, 0.05) is 6.61 Å². The molecule has 2 rings (SSSR count). The normalized spacial score (nSPS) is 24.2. The number of nitrogens with zero attached hydrogens (tertiary/aromatic N) is 2. The van der Waals surface area contributed by atoms with Gasteiger partial charge in [0.25, 0.3) is 0 Å². The molecule has 3 nitrogen and oxygen atoms in total. The summed E-state index contributed by atoms with van der Waals surface area (Å²) in [6, 6.07) is 2.00. The lowest BCUT2D eigenvalue weighted by Crippen LogP contribution is -2.20. The average Bonchev–Trinajstić information content (AvgIpc) is 2.53. The van der Waals surface area contributed by atoms with Crippen LogP contribution in [0.3, 0.4) is 0 Å². The average molecular weight is 278 g/mol. The van der Waals surface area contributed by atoms with E-state index in [9.17, 15) is 0 Å². The zero-order valence-corrected chi connectivity index (χ0v) is 8.90. The topological polar surface area (TPSA) is 27.1 Å². The molecule has 4 heteroatoms. The summed E-state index contributed by atoms with van der Waals surface area (Å²) in [4.78, 5) is 0. The third-order valence-electron chi connectivity index (χ3n) is 2.05. The lowest BCUT2D eigenvalue weighted by atomic mass is 10.2. The molecule has 1 atom stereocenters. The first-order valence-corrected chi connectivity index (χ1v) is 5.26. The van der Waals surface area contributed by atoms with Crippen molar-refractivity contribution >= 4 is 22.6 Å². The Labute approximate surface area is 85.2 Å². The Kier molecular flexibility index (Phi) is 2.65. The molecule has 0 unspecified atom stereocenters. The number of hydrogen-bond acceptors (Lipinski definition) is 2. The zero-order chi connectivity index (χ0) is 8.39. The van der Waals surface area contributed by atoms with Crippen molar-refractivity contribution in [1.82, 2.24) is 9.78 Å². The van der Waals surface area contributed by atoms with Gasteiger partial charge in [-0.3, -0.25) is 0 Å². The van der Waals surface area contributed by atoms with Crippen molar-refractivity contribution in [2.45, 2.75) is 25.5 Å².